The van der Waals surface area contributed by atoms with Crippen LogP contribution in [0.4, 0.5) is 5.82 Å². The summed E-state index contributed by atoms with van der Waals surface area (Å²) in [6.45, 7) is 0.891. The molecule has 4 rings (SSSR count). The molecule has 2 N–H and O–H groups in total. The summed E-state index contributed by atoms with van der Waals surface area (Å²) in [6, 6.07) is 13.0. The largest absolute Gasteiger partial charge is 0.497 e. The number of nitrogens with zero attached hydrogens (tertiary/aromatic N) is 3. The van der Waals surface area contributed by atoms with E-state index in [2.05, 4.69) is 10.3 Å². The maximum Gasteiger partial charge on any atom is 0.267 e. The van der Waals surface area contributed by atoms with Crippen molar-refractivity contribution in [2.75, 3.05) is 32.1 Å². The first kappa shape index (κ1) is 23.9. The number of fused-ring (bicyclic) bond motifs is 1. The molecule has 8 nitrogen and oxygen atoms in total. The monoisotopic (exact) mass is 496 g/mol. The molecule has 10 heteroatoms. The van der Waals surface area contributed by atoms with Crippen LogP contribution in [0.15, 0.2) is 58.4 Å². The molecule has 0 spiro atoms. The van der Waals surface area contributed by atoms with E-state index in [9.17, 15) is 9.59 Å². The molecule has 1 aliphatic heterocycles. The number of amides is 1. The number of pyridine rings is 1. The Morgan fingerprint density at radius 2 is 2.00 bits per heavy atom. The van der Waals surface area contributed by atoms with Crippen LogP contribution in [-0.2, 0) is 11.2 Å². The minimum atomic E-state index is -0.291. The molecule has 1 amide bonds. The smallest absolute Gasteiger partial charge is 0.267 e. The molecule has 0 bridgehead atoms. The van der Waals surface area contributed by atoms with Gasteiger partial charge in [-0.25, -0.2) is 4.98 Å². The van der Waals surface area contributed by atoms with Crippen molar-refractivity contribution in [3.05, 3.63) is 75.0 Å². The summed E-state index contributed by atoms with van der Waals surface area (Å²) in [5.41, 5.74) is 1.53. The number of nitrogens with one attached hydrogen (secondary N) is 1. The van der Waals surface area contributed by atoms with Gasteiger partial charge in [0.05, 0.1) is 17.6 Å². The van der Waals surface area contributed by atoms with Crippen molar-refractivity contribution in [1.29, 1.82) is 0 Å². The number of carbonyl (C=O) groups is 1. The summed E-state index contributed by atoms with van der Waals surface area (Å²) in [4.78, 5) is 32.8. The highest BCUT2D eigenvalue weighted by Crippen LogP contribution is 2.33. The lowest BCUT2D eigenvalue weighted by Crippen LogP contribution is -2.30. The van der Waals surface area contributed by atoms with Crippen LogP contribution >= 0.6 is 24.0 Å². The predicted octanol–water partition coefficient (Wildman–Crippen LogP) is 2.94. The number of carbonyl (C=O) groups excluding carboxylic acids is 1. The third-order valence-corrected chi connectivity index (χ3v) is 6.71. The predicted molar refractivity (Wildman–Crippen MR) is 138 cm³/mol. The van der Waals surface area contributed by atoms with E-state index >= 15 is 0 Å². The third-order valence-electron chi connectivity index (χ3n) is 5.33. The molecular formula is C24H24N4O4S2. The number of ether oxygens (including phenoxy) is 1. The molecule has 1 saturated heterocycles. The van der Waals surface area contributed by atoms with Crippen LogP contribution < -0.4 is 15.6 Å². The molecule has 176 valence electrons. The number of aliphatic hydroxyl groups excluding tert-OH is 1. The van der Waals surface area contributed by atoms with Crippen LogP contribution in [0.1, 0.15) is 17.5 Å². The Kier molecular flexibility index (Phi) is 7.61. The van der Waals surface area contributed by atoms with Crippen molar-refractivity contribution in [3.8, 4) is 5.75 Å². The Labute approximate surface area is 206 Å². The standard InChI is InChI=1S/C24H24N4O4S2/c1-32-17-8-6-16(7-9-17)10-13-28-23(31)19(34-24(28)33)15-18-21(25-11-4-14-29)26-20-5-2-3-12-27(20)22(18)30/h2-3,5-9,12,15,25,29H,4,10-11,13-14H2,1H3/b19-15-. The molecule has 2 aromatic heterocycles. The second-order valence-electron chi connectivity index (χ2n) is 7.54. The second kappa shape index (κ2) is 10.8. The SMILES string of the molecule is COc1ccc(CCN2C(=O)/C(=C/c3c(NCCCO)nc4ccccn4c3=O)SC2=S)cc1. The molecule has 3 heterocycles. The minimum absolute atomic E-state index is 0.0156. The van der Waals surface area contributed by atoms with Crippen LogP contribution in [-0.4, -0.2) is 56.4 Å². The van der Waals surface area contributed by atoms with Gasteiger partial charge in [0.25, 0.3) is 11.5 Å². The van der Waals surface area contributed by atoms with E-state index in [-0.39, 0.29) is 23.6 Å². The zero-order chi connectivity index (χ0) is 24.1. The summed E-state index contributed by atoms with van der Waals surface area (Å²) < 4.78 is 7.07. The Balaban J connectivity index is 1.60. The lowest BCUT2D eigenvalue weighted by molar-refractivity contribution is -0.122. The minimum Gasteiger partial charge on any atom is -0.497 e. The van der Waals surface area contributed by atoms with Crippen molar-refractivity contribution in [2.45, 2.75) is 12.8 Å². The van der Waals surface area contributed by atoms with E-state index < -0.39 is 0 Å². The maximum absolute atomic E-state index is 13.2. The fraction of sp³-hybridized carbons (Fsp3) is 0.250. The Hall–Kier alpha value is -3.21. The van der Waals surface area contributed by atoms with E-state index in [4.69, 9.17) is 22.1 Å². The van der Waals surface area contributed by atoms with Gasteiger partial charge >= 0.3 is 0 Å². The second-order valence-corrected chi connectivity index (χ2v) is 9.22. The van der Waals surface area contributed by atoms with Crippen LogP contribution in [0.3, 0.4) is 0 Å². The summed E-state index contributed by atoms with van der Waals surface area (Å²) in [5, 5.41) is 12.2. The van der Waals surface area contributed by atoms with E-state index in [0.717, 1.165) is 11.3 Å². The third kappa shape index (κ3) is 5.14. The number of methoxy groups -OCH3 is 1. The number of hydrogen-bond donors (Lipinski definition) is 2. The van der Waals surface area contributed by atoms with Gasteiger partial charge in [0.2, 0.25) is 0 Å². The molecule has 0 atom stereocenters. The lowest BCUT2D eigenvalue weighted by Gasteiger charge is -2.14. The van der Waals surface area contributed by atoms with Crippen LogP contribution in [0.25, 0.3) is 11.7 Å². The fourth-order valence-electron chi connectivity index (χ4n) is 3.51. The zero-order valence-corrected chi connectivity index (χ0v) is 20.2. The Bertz CT molecular complexity index is 1300. The van der Waals surface area contributed by atoms with Crippen LogP contribution in [0, 0.1) is 0 Å². The number of thiocarbonyl (C=S) groups is 1. The van der Waals surface area contributed by atoms with Gasteiger partial charge in [-0.2, -0.15) is 0 Å². The lowest BCUT2D eigenvalue weighted by atomic mass is 10.1. The number of hydrogen-bond acceptors (Lipinski definition) is 8. The first-order valence-electron chi connectivity index (χ1n) is 10.8. The summed E-state index contributed by atoms with van der Waals surface area (Å²) in [5.74, 6) is 0.909. The summed E-state index contributed by atoms with van der Waals surface area (Å²) in [6.07, 6.45) is 4.34. The number of aromatic nitrogens is 2. The number of thioether (sulfide) groups is 1. The van der Waals surface area contributed by atoms with Crippen molar-refractivity contribution in [3.63, 3.8) is 0 Å². The summed E-state index contributed by atoms with van der Waals surface area (Å²) >= 11 is 6.63. The van der Waals surface area contributed by atoms with Gasteiger partial charge in [0.15, 0.2) is 0 Å². The maximum atomic E-state index is 13.2. The zero-order valence-electron chi connectivity index (χ0n) is 18.6. The summed E-state index contributed by atoms with van der Waals surface area (Å²) in [7, 11) is 1.62. The van der Waals surface area contributed by atoms with Crippen molar-refractivity contribution in [1.82, 2.24) is 14.3 Å². The molecule has 0 aliphatic carbocycles. The van der Waals surface area contributed by atoms with E-state index in [1.54, 1.807) is 42.5 Å². The van der Waals surface area contributed by atoms with E-state index in [1.165, 1.54) is 16.2 Å². The number of aliphatic hydroxyl groups is 1. The van der Waals surface area contributed by atoms with Gasteiger partial charge in [-0.1, -0.05) is 42.2 Å². The number of rotatable bonds is 9. The molecule has 0 saturated carbocycles. The number of anilines is 1. The quantitative estimate of drug-likeness (QED) is 0.265. The topological polar surface area (TPSA) is 96.2 Å². The van der Waals surface area contributed by atoms with E-state index in [1.807, 2.05) is 24.3 Å². The van der Waals surface area contributed by atoms with Crippen LogP contribution in [0.5, 0.6) is 5.75 Å². The molecule has 3 aromatic rings. The molecule has 34 heavy (non-hydrogen) atoms. The van der Waals surface area contributed by atoms with Gasteiger partial charge < -0.3 is 15.2 Å². The first-order chi connectivity index (χ1) is 16.5. The highest BCUT2D eigenvalue weighted by atomic mass is 32.2. The molecule has 0 unspecified atom stereocenters. The van der Waals surface area contributed by atoms with Crippen LogP contribution in [0.2, 0.25) is 0 Å². The van der Waals surface area contributed by atoms with Crippen molar-refractivity contribution in [2.24, 2.45) is 0 Å². The Morgan fingerprint density at radius 3 is 2.74 bits per heavy atom. The average molecular weight is 497 g/mol. The normalized spacial score (nSPS) is 14.9. The highest BCUT2D eigenvalue weighted by molar-refractivity contribution is 8.26. The van der Waals surface area contributed by atoms with Gasteiger partial charge in [0.1, 0.15) is 21.5 Å². The Morgan fingerprint density at radius 1 is 1.21 bits per heavy atom. The molecule has 1 aromatic carbocycles. The average Bonchev–Trinajstić information content (AvgIpc) is 3.12. The molecule has 0 radical (unpaired) electrons. The van der Waals surface area contributed by atoms with Crippen molar-refractivity contribution < 1.29 is 14.6 Å². The first-order valence-corrected chi connectivity index (χ1v) is 12.0. The molecule has 1 fully saturated rings. The number of benzene rings is 1. The van der Waals surface area contributed by atoms with Crippen molar-refractivity contribution >= 4 is 51.7 Å². The fourth-order valence-corrected chi connectivity index (χ4v) is 4.80. The van der Waals surface area contributed by atoms with Gasteiger partial charge in [-0.15, -0.1) is 0 Å². The molecule has 1 aliphatic rings. The van der Waals surface area contributed by atoms with E-state index in [0.29, 0.717) is 46.6 Å². The van der Waals surface area contributed by atoms with Gasteiger partial charge in [-0.05, 0) is 48.7 Å². The highest BCUT2D eigenvalue weighted by Gasteiger charge is 2.32. The molecular weight excluding hydrogens is 472 g/mol. The van der Waals surface area contributed by atoms with Gasteiger partial charge in [0, 0.05) is 25.9 Å². The van der Waals surface area contributed by atoms with Gasteiger partial charge in [-0.3, -0.25) is 18.9 Å².